The van der Waals surface area contributed by atoms with Crippen LogP contribution in [0.15, 0.2) is 24.3 Å². The fourth-order valence-corrected chi connectivity index (χ4v) is 3.75. The second kappa shape index (κ2) is 7.27. The molecule has 136 valence electrons. The second-order valence-corrected chi connectivity index (χ2v) is 8.71. The number of aromatic nitrogens is 2. The average molecular weight is 362 g/mol. The summed E-state index contributed by atoms with van der Waals surface area (Å²) in [6.07, 6.45) is 2.21. The Balaban J connectivity index is 1.73. The first kappa shape index (κ1) is 18.1. The molecule has 2 aromatic rings. The van der Waals surface area contributed by atoms with Crippen LogP contribution in [0.4, 0.5) is 0 Å². The lowest BCUT2D eigenvalue weighted by molar-refractivity contribution is 0.260. The van der Waals surface area contributed by atoms with E-state index >= 15 is 0 Å². The molecule has 3 rings (SSSR count). The minimum Gasteiger partial charge on any atom is -0.293 e. The van der Waals surface area contributed by atoms with Crippen LogP contribution in [0.1, 0.15) is 34.5 Å². The first-order chi connectivity index (χ1) is 11.8. The topological polar surface area (TPSA) is 67.2 Å². The Kier molecular flexibility index (Phi) is 5.27. The quantitative estimate of drug-likeness (QED) is 0.883. The number of hydrogen-bond acceptors (Lipinski definition) is 4. The van der Waals surface area contributed by atoms with E-state index in [9.17, 15) is 8.42 Å². The summed E-state index contributed by atoms with van der Waals surface area (Å²) in [5, 5.41) is 4.55. The van der Waals surface area contributed by atoms with Crippen molar-refractivity contribution in [2.45, 2.75) is 46.4 Å². The van der Waals surface area contributed by atoms with Crippen LogP contribution in [0, 0.1) is 13.8 Å². The molecule has 0 radical (unpaired) electrons. The van der Waals surface area contributed by atoms with Gasteiger partial charge in [0.1, 0.15) is 0 Å². The van der Waals surface area contributed by atoms with Crippen molar-refractivity contribution in [1.29, 1.82) is 0 Å². The molecule has 0 bridgehead atoms. The highest BCUT2D eigenvalue weighted by Gasteiger charge is 2.18. The lowest BCUT2D eigenvalue weighted by atomic mass is 10.0. The van der Waals surface area contributed by atoms with Crippen LogP contribution in [0.3, 0.4) is 0 Å². The van der Waals surface area contributed by atoms with E-state index in [0.29, 0.717) is 0 Å². The van der Waals surface area contributed by atoms with E-state index in [1.54, 1.807) is 0 Å². The maximum atomic E-state index is 11.3. The molecule has 1 aliphatic heterocycles. The predicted molar refractivity (Wildman–Crippen MR) is 98.6 cm³/mol. The van der Waals surface area contributed by atoms with E-state index in [0.717, 1.165) is 44.0 Å². The van der Waals surface area contributed by atoms with Gasteiger partial charge in [0.25, 0.3) is 0 Å². The van der Waals surface area contributed by atoms with Gasteiger partial charge in [-0.1, -0.05) is 18.2 Å². The van der Waals surface area contributed by atoms with E-state index < -0.39 is 10.0 Å². The summed E-state index contributed by atoms with van der Waals surface area (Å²) in [5.74, 6) is 0. The van der Waals surface area contributed by atoms with Gasteiger partial charge in [-0.3, -0.25) is 9.58 Å². The second-order valence-electron chi connectivity index (χ2n) is 6.88. The van der Waals surface area contributed by atoms with E-state index in [-0.39, 0.29) is 6.54 Å². The Labute approximate surface area is 149 Å². The zero-order chi connectivity index (χ0) is 18.0. The molecule has 0 aliphatic carbocycles. The Hall–Kier alpha value is -1.70. The van der Waals surface area contributed by atoms with Gasteiger partial charge in [-0.2, -0.15) is 5.10 Å². The van der Waals surface area contributed by atoms with Gasteiger partial charge in [0.05, 0.1) is 24.2 Å². The van der Waals surface area contributed by atoms with Crippen LogP contribution < -0.4 is 4.72 Å². The van der Waals surface area contributed by atoms with Crippen molar-refractivity contribution < 1.29 is 8.42 Å². The van der Waals surface area contributed by atoms with E-state index in [1.165, 1.54) is 22.9 Å². The molecular formula is C18H26N4O2S. The average Bonchev–Trinajstić information content (AvgIpc) is 2.80. The molecule has 0 saturated heterocycles. The number of fused-ring (bicyclic) bond motifs is 1. The Morgan fingerprint density at radius 1 is 1.20 bits per heavy atom. The first-order valence-electron chi connectivity index (χ1n) is 8.59. The fourth-order valence-electron chi connectivity index (χ4n) is 3.34. The van der Waals surface area contributed by atoms with Crippen LogP contribution in [0.5, 0.6) is 0 Å². The normalized spacial score (nSPS) is 15.8. The van der Waals surface area contributed by atoms with E-state index in [1.807, 2.05) is 10.7 Å². The summed E-state index contributed by atoms with van der Waals surface area (Å²) in [6, 6.07) is 8.45. The minimum atomic E-state index is -3.20. The zero-order valence-electron chi connectivity index (χ0n) is 15.1. The third-order valence-electron chi connectivity index (χ3n) is 4.69. The molecule has 0 fully saturated rings. The standard InChI is InChI=1S/C18H26N4O2S/c1-14-6-4-7-15(2)18(14)13-21-8-5-9-22-17(12-21)10-16(20-22)11-19-25(3,23)24/h4,6-7,10,19H,5,8-9,11-13H2,1-3H3. The largest absolute Gasteiger partial charge is 0.293 e. The number of aryl methyl sites for hydroxylation is 3. The van der Waals surface area contributed by atoms with Gasteiger partial charge in [0.2, 0.25) is 10.0 Å². The molecule has 7 heteroatoms. The SMILES string of the molecule is Cc1cccc(C)c1CN1CCCn2nc(CNS(C)(=O)=O)cc2C1. The van der Waals surface area contributed by atoms with Crippen molar-refractivity contribution in [2.75, 3.05) is 12.8 Å². The number of nitrogens with one attached hydrogen (secondary N) is 1. The van der Waals surface area contributed by atoms with Crippen LogP contribution in [0.25, 0.3) is 0 Å². The van der Waals surface area contributed by atoms with Crippen LogP contribution in [-0.2, 0) is 36.2 Å². The number of benzene rings is 1. The number of nitrogens with zero attached hydrogens (tertiary/aromatic N) is 3. The highest BCUT2D eigenvalue weighted by molar-refractivity contribution is 7.88. The van der Waals surface area contributed by atoms with Crippen LogP contribution in [0.2, 0.25) is 0 Å². The summed E-state index contributed by atoms with van der Waals surface area (Å²) in [6.45, 7) is 8.25. The molecule has 1 aromatic carbocycles. The molecule has 1 N–H and O–H groups in total. The van der Waals surface area contributed by atoms with Crippen molar-refractivity contribution in [1.82, 2.24) is 19.4 Å². The van der Waals surface area contributed by atoms with Gasteiger partial charge in [-0.25, -0.2) is 13.1 Å². The summed E-state index contributed by atoms with van der Waals surface area (Å²) in [4.78, 5) is 2.45. The number of sulfonamides is 1. The van der Waals surface area contributed by atoms with Crippen molar-refractivity contribution in [3.63, 3.8) is 0 Å². The lowest BCUT2D eigenvalue weighted by Crippen LogP contribution is -2.24. The number of rotatable bonds is 5. The van der Waals surface area contributed by atoms with Crippen LogP contribution >= 0.6 is 0 Å². The van der Waals surface area contributed by atoms with Crippen LogP contribution in [-0.4, -0.2) is 35.9 Å². The summed E-state index contributed by atoms with van der Waals surface area (Å²) >= 11 is 0. The molecule has 0 amide bonds. The molecule has 6 nitrogen and oxygen atoms in total. The van der Waals surface area contributed by atoms with Crippen molar-refractivity contribution >= 4 is 10.0 Å². The molecule has 1 aliphatic rings. The Bertz CT molecular complexity index is 838. The zero-order valence-corrected chi connectivity index (χ0v) is 15.9. The molecule has 0 saturated carbocycles. The van der Waals surface area contributed by atoms with Gasteiger partial charge >= 0.3 is 0 Å². The van der Waals surface area contributed by atoms with Gasteiger partial charge < -0.3 is 0 Å². The fraction of sp³-hybridized carbons (Fsp3) is 0.500. The van der Waals surface area contributed by atoms with Crippen molar-refractivity contribution in [3.05, 3.63) is 52.3 Å². The third kappa shape index (κ3) is 4.68. The van der Waals surface area contributed by atoms with Gasteiger partial charge in [0.15, 0.2) is 0 Å². The summed E-state index contributed by atoms with van der Waals surface area (Å²) < 4.78 is 27.1. The molecular weight excluding hydrogens is 336 g/mol. The molecule has 0 atom stereocenters. The third-order valence-corrected chi connectivity index (χ3v) is 5.35. The monoisotopic (exact) mass is 362 g/mol. The van der Waals surface area contributed by atoms with E-state index in [4.69, 9.17) is 0 Å². The summed E-state index contributed by atoms with van der Waals surface area (Å²) in [7, 11) is -3.20. The van der Waals surface area contributed by atoms with Gasteiger partial charge in [0, 0.05) is 26.2 Å². The van der Waals surface area contributed by atoms with Crippen molar-refractivity contribution in [3.8, 4) is 0 Å². The maximum absolute atomic E-state index is 11.3. The lowest BCUT2D eigenvalue weighted by Gasteiger charge is -2.22. The van der Waals surface area contributed by atoms with Crippen molar-refractivity contribution in [2.24, 2.45) is 0 Å². The summed E-state index contributed by atoms with van der Waals surface area (Å²) in [5.41, 5.74) is 5.98. The Morgan fingerprint density at radius 2 is 1.92 bits per heavy atom. The molecule has 0 unspecified atom stereocenters. The van der Waals surface area contributed by atoms with E-state index in [2.05, 4.69) is 46.8 Å². The first-order valence-corrected chi connectivity index (χ1v) is 10.5. The molecule has 1 aromatic heterocycles. The molecule has 25 heavy (non-hydrogen) atoms. The highest BCUT2D eigenvalue weighted by Crippen LogP contribution is 2.20. The van der Waals surface area contributed by atoms with Gasteiger partial charge in [-0.15, -0.1) is 0 Å². The Morgan fingerprint density at radius 3 is 2.60 bits per heavy atom. The minimum absolute atomic E-state index is 0.246. The highest BCUT2D eigenvalue weighted by atomic mass is 32.2. The predicted octanol–water partition coefficient (Wildman–Crippen LogP) is 1.96. The molecule has 0 spiro atoms. The van der Waals surface area contributed by atoms with Gasteiger partial charge in [-0.05, 0) is 43.0 Å². The smallest absolute Gasteiger partial charge is 0.209 e. The maximum Gasteiger partial charge on any atom is 0.209 e. The number of hydrogen-bond donors (Lipinski definition) is 1. The molecule has 2 heterocycles.